The third-order valence-corrected chi connectivity index (χ3v) is 6.32. The number of carbonyl (C=O) groups excluding carboxylic acids is 2. The molecule has 1 N–H and O–H groups in total. The monoisotopic (exact) mass is 373 g/mol. The summed E-state index contributed by atoms with van der Waals surface area (Å²) in [4.78, 5) is 32.6. The summed E-state index contributed by atoms with van der Waals surface area (Å²) in [5, 5.41) is 0.967. The highest BCUT2D eigenvalue weighted by molar-refractivity contribution is 6.06. The van der Waals surface area contributed by atoms with Crippen molar-refractivity contribution < 1.29 is 9.59 Å². The van der Waals surface area contributed by atoms with E-state index >= 15 is 0 Å². The summed E-state index contributed by atoms with van der Waals surface area (Å²) >= 11 is 0. The van der Waals surface area contributed by atoms with Crippen molar-refractivity contribution >= 4 is 22.7 Å². The normalized spacial score (nSPS) is 24.0. The molecule has 0 aliphatic carbocycles. The molecule has 5 rings (SSSR count). The lowest BCUT2D eigenvalue weighted by atomic mass is 9.89. The van der Waals surface area contributed by atoms with Crippen molar-refractivity contribution in [2.24, 2.45) is 11.8 Å². The van der Waals surface area contributed by atoms with Gasteiger partial charge in [-0.3, -0.25) is 9.59 Å². The molecule has 3 aromatic rings. The van der Waals surface area contributed by atoms with Crippen LogP contribution in [0.4, 0.5) is 0 Å². The smallest absolute Gasteiger partial charge is 0.256 e. The molecule has 0 bridgehead atoms. The van der Waals surface area contributed by atoms with E-state index in [0.717, 1.165) is 28.6 Å². The number of likely N-dealkylation sites (tertiary alicyclic amines) is 2. The Hall–Kier alpha value is -3.08. The van der Waals surface area contributed by atoms with Gasteiger partial charge in [-0.1, -0.05) is 48.5 Å². The van der Waals surface area contributed by atoms with Crippen LogP contribution in [0.2, 0.25) is 0 Å². The molecule has 2 amide bonds. The van der Waals surface area contributed by atoms with Crippen LogP contribution in [-0.2, 0) is 4.79 Å². The van der Waals surface area contributed by atoms with Gasteiger partial charge in [0.15, 0.2) is 0 Å². The Morgan fingerprint density at radius 1 is 0.964 bits per heavy atom. The van der Waals surface area contributed by atoms with Crippen molar-refractivity contribution in [1.82, 2.24) is 14.8 Å². The number of hydrogen-bond donors (Lipinski definition) is 1. The van der Waals surface area contributed by atoms with E-state index in [2.05, 4.69) is 17.1 Å². The molecule has 3 heterocycles. The molecule has 142 valence electrons. The average molecular weight is 373 g/mol. The largest absolute Gasteiger partial charge is 0.360 e. The number of aromatic amines is 1. The molecule has 1 aromatic heterocycles. The van der Waals surface area contributed by atoms with E-state index in [0.29, 0.717) is 19.0 Å². The van der Waals surface area contributed by atoms with Gasteiger partial charge in [0.05, 0.1) is 11.6 Å². The van der Waals surface area contributed by atoms with Crippen LogP contribution in [0.15, 0.2) is 60.8 Å². The minimum absolute atomic E-state index is 0.0458. The standard InChI is InChI=1S/C23H23N3O2/c1-15(27)26-13-17-12-25(14-20(17)22(26)16-7-3-2-4-8-16)23(28)19-11-24-21-10-6-5-9-18(19)21/h2-11,17,20,22,24H,12-14H2,1H3/t17-,20-,22+/m1/s1. The maximum absolute atomic E-state index is 13.2. The number of amides is 2. The predicted octanol–water partition coefficient (Wildman–Crippen LogP) is 3.46. The van der Waals surface area contributed by atoms with Crippen LogP contribution in [0.3, 0.4) is 0 Å². The number of para-hydroxylation sites is 1. The molecule has 5 nitrogen and oxygen atoms in total. The molecule has 28 heavy (non-hydrogen) atoms. The first-order valence-electron chi connectivity index (χ1n) is 9.81. The molecule has 2 aliphatic heterocycles. The zero-order valence-corrected chi connectivity index (χ0v) is 15.8. The lowest BCUT2D eigenvalue weighted by molar-refractivity contribution is -0.130. The summed E-state index contributed by atoms with van der Waals surface area (Å²) in [6.45, 7) is 3.76. The topological polar surface area (TPSA) is 56.4 Å². The highest BCUT2D eigenvalue weighted by Gasteiger charge is 2.49. The maximum Gasteiger partial charge on any atom is 0.256 e. The van der Waals surface area contributed by atoms with Gasteiger partial charge in [-0.25, -0.2) is 0 Å². The number of rotatable bonds is 2. The Morgan fingerprint density at radius 2 is 1.71 bits per heavy atom. The van der Waals surface area contributed by atoms with Crippen molar-refractivity contribution in [3.8, 4) is 0 Å². The summed E-state index contributed by atoms with van der Waals surface area (Å²) in [5.41, 5.74) is 2.87. The van der Waals surface area contributed by atoms with Gasteiger partial charge in [0.1, 0.15) is 0 Å². The second kappa shape index (κ2) is 6.51. The number of carbonyl (C=O) groups is 2. The third-order valence-electron chi connectivity index (χ3n) is 6.32. The number of H-pyrrole nitrogens is 1. The summed E-state index contributed by atoms with van der Waals surface area (Å²) in [6, 6.07) is 18.2. The van der Waals surface area contributed by atoms with Crippen LogP contribution in [0.25, 0.3) is 10.9 Å². The van der Waals surface area contributed by atoms with E-state index in [-0.39, 0.29) is 23.8 Å². The Balaban J connectivity index is 1.43. The van der Waals surface area contributed by atoms with Crippen molar-refractivity contribution in [3.63, 3.8) is 0 Å². The Bertz CT molecular complexity index is 1040. The molecule has 2 saturated heterocycles. The fourth-order valence-corrected chi connectivity index (χ4v) is 5.03. The summed E-state index contributed by atoms with van der Waals surface area (Å²) in [5.74, 6) is 0.787. The molecule has 2 aliphatic rings. The van der Waals surface area contributed by atoms with Gasteiger partial charge in [-0.2, -0.15) is 0 Å². The molecule has 2 fully saturated rings. The van der Waals surface area contributed by atoms with E-state index in [9.17, 15) is 9.59 Å². The SMILES string of the molecule is CC(=O)N1C[C@H]2CN(C(=O)c3c[nH]c4ccccc34)C[C@H]2[C@@H]1c1ccccc1. The summed E-state index contributed by atoms with van der Waals surface area (Å²) in [6.07, 6.45) is 1.82. The van der Waals surface area contributed by atoms with Crippen LogP contribution in [-0.4, -0.2) is 46.2 Å². The van der Waals surface area contributed by atoms with Gasteiger partial charge < -0.3 is 14.8 Å². The highest BCUT2D eigenvalue weighted by Crippen LogP contribution is 2.45. The van der Waals surface area contributed by atoms with Crippen LogP contribution in [0.5, 0.6) is 0 Å². The predicted molar refractivity (Wildman–Crippen MR) is 108 cm³/mol. The van der Waals surface area contributed by atoms with Gasteiger partial charge >= 0.3 is 0 Å². The number of nitrogens with one attached hydrogen (secondary N) is 1. The Labute approximate surface area is 163 Å². The number of nitrogens with zero attached hydrogens (tertiary/aromatic N) is 2. The molecular weight excluding hydrogens is 350 g/mol. The Morgan fingerprint density at radius 3 is 2.50 bits per heavy atom. The zero-order chi connectivity index (χ0) is 19.3. The zero-order valence-electron chi connectivity index (χ0n) is 15.8. The molecule has 0 radical (unpaired) electrons. The van der Waals surface area contributed by atoms with Crippen molar-refractivity contribution in [2.75, 3.05) is 19.6 Å². The van der Waals surface area contributed by atoms with Gasteiger partial charge in [-0.05, 0) is 11.6 Å². The van der Waals surface area contributed by atoms with E-state index in [4.69, 9.17) is 0 Å². The molecule has 2 aromatic carbocycles. The first-order valence-corrected chi connectivity index (χ1v) is 9.81. The van der Waals surface area contributed by atoms with Crippen LogP contribution >= 0.6 is 0 Å². The molecule has 0 unspecified atom stereocenters. The number of fused-ring (bicyclic) bond motifs is 2. The van der Waals surface area contributed by atoms with E-state index in [1.54, 1.807) is 6.92 Å². The minimum atomic E-state index is 0.0458. The van der Waals surface area contributed by atoms with E-state index < -0.39 is 0 Å². The number of benzene rings is 2. The van der Waals surface area contributed by atoms with Gasteiger partial charge in [0, 0.05) is 55.5 Å². The first kappa shape index (κ1) is 17.0. The minimum Gasteiger partial charge on any atom is -0.360 e. The quantitative estimate of drug-likeness (QED) is 0.748. The van der Waals surface area contributed by atoms with Crippen LogP contribution < -0.4 is 0 Å². The summed E-state index contributed by atoms with van der Waals surface area (Å²) in [7, 11) is 0. The van der Waals surface area contributed by atoms with E-state index in [1.807, 2.05) is 58.5 Å². The summed E-state index contributed by atoms with van der Waals surface area (Å²) < 4.78 is 0. The number of hydrogen-bond acceptors (Lipinski definition) is 2. The Kier molecular flexibility index (Phi) is 3.97. The molecule has 3 atom stereocenters. The lowest BCUT2D eigenvalue weighted by Crippen LogP contribution is -2.36. The van der Waals surface area contributed by atoms with Crippen molar-refractivity contribution in [3.05, 3.63) is 71.9 Å². The number of aromatic nitrogens is 1. The lowest BCUT2D eigenvalue weighted by Gasteiger charge is -2.29. The second-order valence-corrected chi connectivity index (χ2v) is 7.91. The average Bonchev–Trinajstić information content (AvgIpc) is 3.40. The first-order chi connectivity index (χ1) is 13.6. The molecule has 0 spiro atoms. The van der Waals surface area contributed by atoms with E-state index in [1.165, 1.54) is 0 Å². The van der Waals surface area contributed by atoms with Gasteiger partial charge in [0.2, 0.25) is 5.91 Å². The molecular formula is C23H23N3O2. The second-order valence-electron chi connectivity index (χ2n) is 7.91. The van der Waals surface area contributed by atoms with Crippen LogP contribution in [0.1, 0.15) is 28.9 Å². The van der Waals surface area contributed by atoms with Crippen LogP contribution in [0, 0.1) is 11.8 Å². The van der Waals surface area contributed by atoms with Gasteiger partial charge in [-0.15, -0.1) is 0 Å². The maximum atomic E-state index is 13.2. The fourth-order valence-electron chi connectivity index (χ4n) is 5.03. The highest BCUT2D eigenvalue weighted by atomic mass is 16.2. The molecule has 5 heteroatoms. The van der Waals surface area contributed by atoms with Crippen molar-refractivity contribution in [1.29, 1.82) is 0 Å². The molecule has 0 saturated carbocycles. The van der Waals surface area contributed by atoms with Gasteiger partial charge in [0.25, 0.3) is 5.91 Å². The fraction of sp³-hybridized carbons (Fsp3) is 0.304. The third kappa shape index (κ3) is 2.61. The van der Waals surface area contributed by atoms with Crippen molar-refractivity contribution in [2.45, 2.75) is 13.0 Å².